The smallest absolute Gasteiger partial charge is 0.123 e. The van der Waals surface area contributed by atoms with Gasteiger partial charge in [0.15, 0.2) is 0 Å². The molecule has 0 aliphatic carbocycles. The average molecular weight is 353 g/mol. The molecular formula is C20H32FNO3. The second-order valence-corrected chi connectivity index (χ2v) is 8.12. The van der Waals surface area contributed by atoms with Gasteiger partial charge in [0.05, 0.1) is 19.3 Å². The maximum absolute atomic E-state index is 12.8. The highest BCUT2D eigenvalue weighted by Gasteiger charge is 2.41. The van der Waals surface area contributed by atoms with E-state index in [0.717, 1.165) is 12.8 Å². The van der Waals surface area contributed by atoms with Crippen LogP contribution in [-0.2, 0) is 4.74 Å². The third kappa shape index (κ3) is 5.94. The average Bonchev–Trinajstić information content (AvgIpc) is 2.52. The van der Waals surface area contributed by atoms with Gasteiger partial charge in [-0.1, -0.05) is 0 Å². The summed E-state index contributed by atoms with van der Waals surface area (Å²) in [5.41, 5.74) is 0.183. The van der Waals surface area contributed by atoms with E-state index >= 15 is 0 Å². The van der Waals surface area contributed by atoms with Crippen LogP contribution in [0.1, 0.15) is 47.0 Å². The van der Waals surface area contributed by atoms with E-state index in [1.54, 1.807) is 12.1 Å². The molecule has 1 saturated heterocycles. The van der Waals surface area contributed by atoms with Crippen LogP contribution >= 0.6 is 0 Å². The first-order valence-corrected chi connectivity index (χ1v) is 9.13. The second-order valence-electron chi connectivity index (χ2n) is 8.12. The highest BCUT2D eigenvalue weighted by Crippen LogP contribution is 2.38. The zero-order chi connectivity index (χ0) is 18.5. The van der Waals surface area contributed by atoms with Gasteiger partial charge < -0.3 is 14.6 Å². The van der Waals surface area contributed by atoms with E-state index in [1.165, 1.54) is 18.6 Å². The summed E-state index contributed by atoms with van der Waals surface area (Å²) in [6.07, 6.45) is 3.00. The van der Waals surface area contributed by atoms with E-state index in [4.69, 9.17) is 9.47 Å². The summed E-state index contributed by atoms with van der Waals surface area (Å²) < 4.78 is 23.8. The largest absolute Gasteiger partial charge is 0.491 e. The van der Waals surface area contributed by atoms with E-state index in [0.29, 0.717) is 25.5 Å². The Morgan fingerprint density at radius 2 is 1.68 bits per heavy atom. The van der Waals surface area contributed by atoms with Gasteiger partial charge in [-0.05, 0) is 71.2 Å². The van der Waals surface area contributed by atoms with Crippen molar-refractivity contribution >= 4 is 0 Å². The zero-order valence-electron chi connectivity index (χ0n) is 15.9. The first-order chi connectivity index (χ1) is 11.7. The van der Waals surface area contributed by atoms with Gasteiger partial charge in [0.1, 0.15) is 18.2 Å². The van der Waals surface area contributed by atoms with Crippen molar-refractivity contribution < 1.29 is 19.0 Å². The lowest BCUT2D eigenvalue weighted by molar-refractivity contribution is -0.0710. The number of ether oxygens (including phenoxy) is 2. The van der Waals surface area contributed by atoms with Crippen molar-refractivity contribution in [1.29, 1.82) is 0 Å². The minimum Gasteiger partial charge on any atom is -0.491 e. The van der Waals surface area contributed by atoms with Crippen LogP contribution < -0.4 is 4.74 Å². The molecule has 1 aromatic rings. The third-order valence-electron chi connectivity index (χ3n) is 5.05. The standard InChI is InChI=1S/C20H32FNO3/c1-19(2)10-5-11-20(3,4)22(19)14-17(23)15-24-12-13-25-18-8-6-16(21)7-9-18/h6-9,17,23H,5,10-15H2,1-4H3. The highest BCUT2D eigenvalue weighted by atomic mass is 19.1. The molecule has 0 radical (unpaired) electrons. The van der Waals surface area contributed by atoms with Crippen LogP contribution in [0.4, 0.5) is 4.39 Å². The molecule has 0 aromatic heterocycles. The lowest BCUT2D eigenvalue weighted by Crippen LogP contribution is -2.60. The topological polar surface area (TPSA) is 41.9 Å². The Bertz CT molecular complexity index is 514. The predicted octanol–water partition coefficient (Wildman–Crippen LogP) is 3.63. The van der Waals surface area contributed by atoms with Gasteiger partial charge in [0.2, 0.25) is 0 Å². The second kappa shape index (κ2) is 8.47. The molecule has 0 spiro atoms. The molecule has 0 saturated carbocycles. The van der Waals surface area contributed by atoms with E-state index < -0.39 is 6.10 Å². The summed E-state index contributed by atoms with van der Waals surface area (Å²) in [5, 5.41) is 10.4. The van der Waals surface area contributed by atoms with Gasteiger partial charge in [0.25, 0.3) is 0 Å². The Morgan fingerprint density at radius 3 is 2.28 bits per heavy atom. The van der Waals surface area contributed by atoms with Crippen LogP contribution in [0.15, 0.2) is 24.3 Å². The lowest BCUT2D eigenvalue weighted by Gasteiger charge is -2.53. The zero-order valence-corrected chi connectivity index (χ0v) is 15.9. The number of piperidine rings is 1. The molecule has 1 N–H and O–H groups in total. The van der Waals surface area contributed by atoms with Crippen LogP contribution in [-0.4, -0.2) is 53.6 Å². The number of hydrogen-bond donors (Lipinski definition) is 1. The van der Waals surface area contributed by atoms with Crippen LogP contribution in [0.5, 0.6) is 5.75 Å². The number of halogens is 1. The molecule has 2 rings (SSSR count). The van der Waals surface area contributed by atoms with Crippen LogP contribution in [0.25, 0.3) is 0 Å². The Kier molecular flexibility index (Phi) is 6.83. The molecule has 1 fully saturated rings. The summed E-state index contributed by atoms with van der Waals surface area (Å²) in [5.74, 6) is 0.331. The summed E-state index contributed by atoms with van der Waals surface area (Å²) in [6, 6.07) is 5.90. The number of hydrogen-bond acceptors (Lipinski definition) is 4. The number of nitrogens with zero attached hydrogens (tertiary/aromatic N) is 1. The van der Waals surface area contributed by atoms with Crippen molar-refractivity contribution in [1.82, 2.24) is 4.90 Å². The molecule has 1 atom stereocenters. The number of β-amino-alcohol motifs (C(OH)–C–C–N with tert-alkyl or cyclic N) is 1. The molecule has 1 aliphatic heterocycles. The summed E-state index contributed by atoms with van der Waals surface area (Å²) in [6.45, 7) is 10.7. The molecule has 1 aromatic carbocycles. The number of aliphatic hydroxyl groups is 1. The maximum atomic E-state index is 12.8. The Hall–Kier alpha value is -1.17. The minimum absolute atomic E-state index is 0.0917. The molecule has 4 nitrogen and oxygen atoms in total. The number of rotatable bonds is 8. The molecule has 1 unspecified atom stereocenters. The first kappa shape index (κ1) is 20.1. The predicted molar refractivity (Wildman–Crippen MR) is 97.4 cm³/mol. The van der Waals surface area contributed by atoms with Crippen molar-refractivity contribution in [2.45, 2.75) is 64.1 Å². The van der Waals surface area contributed by atoms with Crippen molar-refractivity contribution in [3.8, 4) is 5.75 Å². The molecule has 5 heteroatoms. The van der Waals surface area contributed by atoms with Crippen LogP contribution in [0, 0.1) is 5.82 Å². The van der Waals surface area contributed by atoms with Crippen molar-refractivity contribution in [3.05, 3.63) is 30.1 Å². The van der Waals surface area contributed by atoms with E-state index in [1.807, 2.05) is 0 Å². The molecule has 142 valence electrons. The number of likely N-dealkylation sites (tertiary alicyclic amines) is 1. The molecule has 25 heavy (non-hydrogen) atoms. The maximum Gasteiger partial charge on any atom is 0.123 e. The van der Waals surface area contributed by atoms with Crippen LogP contribution in [0.2, 0.25) is 0 Å². The minimum atomic E-state index is -0.525. The molecule has 0 amide bonds. The summed E-state index contributed by atoms with van der Waals surface area (Å²) >= 11 is 0. The van der Waals surface area contributed by atoms with Gasteiger partial charge in [-0.25, -0.2) is 4.39 Å². The van der Waals surface area contributed by atoms with Gasteiger partial charge in [0, 0.05) is 17.6 Å². The summed E-state index contributed by atoms with van der Waals surface area (Å²) in [7, 11) is 0. The SMILES string of the molecule is CC1(C)CCCC(C)(C)N1CC(O)COCCOc1ccc(F)cc1. The fraction of sp³-hybridized carbons (Fsp3) is 0.700. The highest BCUT2D eigenvalue weighted by molar-refractivity contribution is 5.21. The molecule has 1 aliphatic rings. The Morgan fingerprint density at radius 1 is 1.08 bits per heavy atom. The number of aliphatic hydroxyl groups excluding tert-OH is 1. The van der Waals surface area contributed by atoms with Gasteiger partial charge in [-0.15, -0.1) is 0 Å². The van der Waals surface area contributed by atoms with Crippen LogP contribution in [0.3, 0.4) is 0 Å². The Balaban J connectivity index is 1.69. The van der Waals surface area contributed by atoms with Crippen molar-refractivity contribution in [2.75, 3.05) is 26.4 Å². The normalized spacial score (nSPS) is 21.0. The van der Waals surface area contributed by atoms with Crippen molar-refractivity contribution in [3.63, 3.8) is 0 Å². The van der Waals surface area contributed by atoms with Crippen molar-refractivity contribution in [2.24, 2.45) is 0 Å². The fourth-order valence-electron chi connectivity index (χ4n) is 3.77. The first-order valence-electron chi connectivity index (χ1n) is 9.13. The molecule has 1 heterocycles. The number of benzene rings is 1. The Labute approximate surface area is 150 Å². The van der Waals surface area contributed by atoms with E-state index in [9.17, 15) is 9.50 Å². The third-order valence-corrected chi connectivity index (χ3v) is 5.05. The van der Waals surface area contributed by atoms with E-state index in [2.05, 4.69) is 32.6 Å². The van der Waals surface area contributed by atoms with Gasteiger partial charge >= 0.3 is 0 Å². The quantitative estimate of drug-likeness (QED) is 0.725. The molecular weight excluding hydrogens is 321 g/mol. The lowest BCUT2D eigenvalue weighted by atomic mass is 9.79. The fourth-order valence-corrected chi connectivity index (χ4v) is 3.77. The van der Waals surface area contributed by atoms with Gasteiger partial charge in [-0.3, -0.25) is 4.90 Å². The summed E-state index contributed by atoms with van der Waals surface area (Å²) in [4.78, 5) is 2.41. The monoisotopic (exact) mass is 353 g/mol. The van der Waals surface area contributed by atoms with Gasteiger partial charge in [-0.2, -0.15) is 0 Å². The molecule has 0 bridgehead atoms. The van der Waals surface area contributed by atoms with E-state index in [-0.39, 0.29) is 23.5 Å².